The van der Waals surface area contributed by atoms with Crippen LogP contribution >= 0.6 is 34.7 Å². The van der Waals surface area contributed by atoms with E-state index in [4.69, 9.17) is 27.3 Å². The van der Waals surface area contributed by atoms with Gasteiger partial charge in [0.2, 0.25) is 6.10 Å². The largest absolute Gasteiger partial charge is 0.543 e. The number of nitrogen functional groups attached to an aromatic ring is 1. The highest BCUT2D eigenvalue weighted by atomic mass is 35.5. The number of phenols is 2. The Hall–Kier alpha value is -5.65. The molecule has 0 aliphatic carbocycles. The molecule has 3 saturated heterocycles. The summed E-state index contributed by atoms with van der Waals surface area (Å²) in [5, 5.41) is 72.2. The lowest BCUT2D eigenvalue weighted by Crippen LogP contribution is -2.72. The van der Waals surface area contributed by atoms with Crippen molar-refractivity contribution in [3.8, 4) is 11.5 Å². The zero-order valence-corrected chi connectivity index (χ0v) is 32.8. The van der Waals surface area contributed by atoms with Crippen LogP contribution in [-0.2, 0) is 33.6 Å². The van der Waals surface area contributed by atoms with Crippen molar-refractivity contribution < 1.29 is 68.8 Å². The third-order valence-electron chi connectivity index (χ3n) is 10.9. The second-order valence-corrected chi connectivity index (χ2v) is 16.7. The molecule has 2 unspecified atom stereocenters. The Kier molecular flexibility index (Phi) is 12.1. The number of likely N-dealkylation sites (N-methyl/N-ethyl adjacent to an activating group) is 1. The van der Waals surface area contributed by atoms with Crippen molar-refractivity contribution in [2.75, 3.05) is 31.6 Å². The van der Waals surface area contributed by atoms with Crippen LogP contribution in [0, 0.1) is 5.92 Å². The number of hydrogen-bond acceptors (Lipinski definition) is 17. The average Bonchev–Trinajstić information content (AvgIpc) is 3.63. The first-order valence-electron chi connectivity index (χ1n) is 17.6. The van der Waals surface area contributed by atoms with E-state index in [0.717, 1.165) is 35.1 Å². The van der Waals surface area contributed by atoms with Gasteiger partial charge in [0.25, 0.3) is 17.7 Å². The molecule has 0 saturated carbocycles. The van der Waals surface area contributed by atoms with E-state index in [0.29, 0.717) is 29.4 Å². The van der Waals surface area contributed by atoms with E-state index in [9.17, 15) is 54.4 Å². The molecule has 6 rings (SSSR count). The second-order valence-electron chi connectivity index (χ2n) is 14.3. The molecule has 7 atom stereocenters. The summed E-state index contributed by atoms with van der Waals surface area (Å²) in [7, 11) is 2.03. The van der Waals surface area contributed by atoms with Crippen molar-refractivity contribution in [1.82, 2.24) is 20.5 Å². The van der Waals surface area contributed by atoms with E-state index in [1.54, 1.807) is 0 Å². The molecule has 3 amide bonds. The second kappa shape index (κ2) is 16.7. The highest BCUT2D eigenvalue weighted by Crippen LogP contribution is 2.47. The van der Waals surface area contributed by atoms with Gasteiger partial charge in [-0.3, -0.25) is 24.1 Å². The minimum atomic E-state index is -1.96. The van der Waals surface area contributed by atoms with Gasteiger partial charge in [0, 0.05) is 54.5 Å². The van der Waals surface area contributed by atoms with E-state index in [1.165, 1.54) is 23.2 Å². The lowest BCUT2D eigenvalue weighted by atomic mass is 9.87. The number of carbonyl (C=O) groups is 6. The molecule has 3 fully saturated rings. The van der Waals surface area contributed by atoms with Crippen molar-refractivity contribution in [2.24, 2.45) is 16.2 Å². The Balaban J connectivity index is 1.12. The first-order chi connectivity index (χ1) is 27.4. The average molecular weight is 865 g/mol. The fourth-order valence-corrected chi connectivity index (χ4v) is 10.2. The molecule has 24 heteroatoms. The predicted molar refractivity (Wildman–Crippen MR) is 202 cm³/mol. The number of carbonyl (C=O) groups excluding carboxylic acids is 4. The molecule has 310 valence electrons. The number of anilines is 1. The lowest BCUT2D eigenvalue weighted by Gasteiger charge is -2.53. The maximum atomic E-state index is 13.6. The number of nitrogens with one attached hydrogen (secondary N) is 2. The number of piperidine rings is 1. The summed E-state index contributed by atoms with van der Waals surface area (Å²) >= 11 is 8.22. The van der Waals surface area contributed by atoms with Gasteiger partial charge in [-0.25, -0.2) is 9.78 Å². The molecule has 2 bridgehead atoms. The fourth-order valence-electron chi connectivity index (χ4n) is 8.02. The number of benzene rings is 1. The van der Waals surface area contributed by atoms with Crippen molar-refractivity contribution >= 4 is 86.9 Å². The van der Waals surface area contributed by atoms with Crippen molar-refractivity contribution in [3.05, 3.63) is 45.1 Å². The normalized spacial score (nSPS) is 26.0. The minimum Gasteiger partial charge on any atom is -0.543 e. The van der Waals surface area contributed by atoms with Crippen molar-refractivity contribution in [3.63, 3.8) is 0 Å². The summed E-state index contributed by atoms with van der Waals surface area (Å²) < 4.78 is 0.492. The summed E-state index contributed by atoms with van der Waals surface area (Å²) in [5.74, 6) is -8.23. The number of aliphatic carboxylic acids is 3. The van der Waals surface area contributed by atoms with E-state index < -0.39 is 82.5 Å². The van der Waals surface area contributed by atoms with E-state index in [-0.39, 0.29) is 57.4 Å². The first-order valence-corrected chi connectivity index (χ1v) is 19.9. The molecule has 2 aromatic rings. The van der Waals surface area contributed by atoms with Gasteiger partial charge in [-0.1, -0.05) is 21.9 Å². The number of β-lactam (4-membered cyclic amide) rings is 1. The number of amides is 3. The van der Waals surface area contributed by atoms with Crippen LogP contribution in [0.25, 0.3) is 0 Å². The number of thiazole rings is 1. The number of oxime groups is 2. The molecule has 4 aliphatic heterocycles. The van der Waals surface area contributed by atoms with Crippen LogP contribution in [0.5, 0.6) is 11.5 Å². The SMILES string of the molecule is C[N+]1(CC2=C(C(=O)[O-])N3C(=O)[C@@H](NC(=O)/C(=N\O[C@@H](CC(=O)O)C(=O)O)c4csc(N)n4)[C@H]3SC2)[C@@H]2CC[C@H]1CC(CNC(=O)/C(=N\O)c1ccc(O)c(O)c1Cl)C2. The summed E-state index contributed by atoms with van der Waals surface area (Å²) in [6.45, 7) is 0.520. The number of rotatable bonds is 15. The molecule has 1 aromatic carbocycles. The number of carboxylic acids is 3. The number of hydrogen-bond donors (Lipinski definition) is 8. The molecule has 5 heterocycles. The maximum absolute atomic E-state index is 13.6. The number of thioether (sulfide) groups is 1. The van der Waals surface area contributed by atoms with Crippen LogP contribution in [0.2, 0.25) is 5.02 Å². The highest BCUT2D eigenvalue weighted by Gasteiger charge is 2.56. The van der Waals surface area contributed by atoms with Gasteiger partial charge in [-0.05, 0) is 18.1 Å². The summed E-state index contributed by atoms with van der Waals surface area (Å²) in [6, 6.07) is 1.25. The minimum absolute atomic E-state index is 0.0171. The van der Waals surface area contributed by atoms with Crippen LogP contribution in [0.15, 0.2) is 39.1 Å². The Morgan fingerprint density at radius 2 is 1.83 bits per heavy atom. The zero-order chi connectivity index (χ0) is 42.2. The molecule has 1 aromatic heterocycles. The Bertz CT molecular complexity index is 2150. The van der Waals surface area contributed by atoms with Crippen LogP contribution in [0.3, 0.4) is 0 Å². The summed E-state index contributed by atoms with van der Waals surface area (Å²) in [5.41, 5.74) is 4.62. The Morgan fingerprint density at radius 1 is 1.14 bits per heavy atom. The van der Waals surface area contributed by atoms with Gasteiger partial charge in [0.15, 0.2) is 28.1 Å². The van der Waals surface area contributed by atoms with Gasteiger partial charge in [-0.2, -0.15) is 0 Å². The van der Waals surface area contributed by atoms with E-state index in [1.807, 2.05) is 7.05 Å². The molecule has 4 aliphatic rings. The van der Waals surface area contributed by atoms with Crippen LogP contribution in [-0.4, -0.2) is 143 Å². The molecular formula is C34H37ClN8O13S2. The molecule has 58 heavy (non-hydrogen) atoms. The first kappa shape index (κ1) is 42.0. The van der Waals surface area contributed by atoms with Gasteiger partial charge in [0.05, 0.1) is 42.2 Å². The number of nitrogens with two attached hydrogens (primary N) is 1. The third kappa shape index (κ3) is 8.06. The number of nitrogens with zero attached hydrogens (tertiary/aromatic N) is 5. The lowest BCUT2D eigenvalue weighted by molar-refractivity contribution is -0.945. The Morgan fingerprint density at radius 3 is 2.41 bits per heavy atom. The van der Waals surface area contributed by atoms with Crippen LogP contribution in [0.4, 0.5) is 5.13 Å². The van der Waals surface area contributed by atoms with Crippen molar-refractivity contribution in [2.45, 2.75) is 61.7 Å². The van der Waals surface area contributed by atoms with Crippen LogP contribution in [0.1, 0.15) is 43.4 Å². The molecule has 9 N–H and O–H groups in total. The number of halogens is 1. The number of carboxylic acid groups (broad SMARTS) is 3. The quantitative estimate of drug-likeness (QED) is 0.0272. The van der Waals surface area contributed by atoms with Gasteiger partial charge in [-0.15, -0.1) is 23.1 Å². The highest BCUT2D eigenvalue weighted by molar-refractivity contribution is 8.00. The fraction of sp³-hybridized carbons (Fsp3) is 0.441. The molecule has 21 nitrogen and oxygen atoms in total. The number of aromatic hydroxyl groups is 2. The smallest absolute Gasteiger partial charge is 0.348 e. The van der Waals surface area contributed by atoms with Gasteiger partial charge < -0.3 is 61.2 Å². The summed E-state index contributed by atoms with van der Waals surface area (Å²) in [4.78, 5) is 85.2. The van der Waals surface area contributed by atoms with E-state index in [2.05, 4.69) is 25.9 Å². The predicted octanol–water partition coefficient (Wildman–Crippen LogP) is -0.775. The van der Waals surface area contributed by atoms with Gasteiger partial charge >= 0.3 is 11.9 Å². The third-order valence-corrected chi connectivity index (χ3v) is 13.3. The molecule has 0 radical (unpaired) electrons. The monoisotopic (exact) mass is 864 g/mol. The summed E-state index contributed by atoms with van der Waals surface area (Å²) in [6.07, 6.45) is 0.0681. The number of aromatic nitrogens is 1. The van der Waals surface area contributed by atoms with Crippen LogP contribution < -0.4 is 21.5 Å². The van der Waals surface area contributed by atoms with Gasteiger partial charge in [0.1, 0.15) is 23.7 Å². The zero-order valence-electron chi connectivity index (χ0n) is 30.4. The van der Waals surface area contributed by atoms with E-state index >= 15 is 0 Å². The number of quaternary nitrogens is 1. The molecule has 0 spiro atoms. The number of phenolic OH excluding ortho intramolecular Hbond substituents is 2. The maximum Gasteiger partial charge on any atom is 0.348 e. The van der Waals surface area contributed by atoms with Crippen molar-refractivity contribution in [1.29, 1.82) is 0 Å². The molecular weight excluding hydrogens is 828 g/mol. The number of fused-ring (bicyclic) bond motifs is 3. The standard InChI is InChI=1S/C34H37ClN8O13S2/c1-43(15-2-3-16(43)7-13(6-15)9-37-28(48)23(40-55)17-4-5-19(44)27(47)22(17)35)10-14-11-57-31-25(30(50)42(31)26(14)33(53)54)39-29(49)24(18-12-58-34(36)38-18)41-56-20(32(51)52)8-21(45)46/h4-5,12-13,15-16,20,25,31H,2-3,6-11H2,1H3,(H9-,36,37,38,39,40,41,44,45,46,47,48,49,51,52,53,54,55)/t13?,15-,16+,20-,25+,31+,43?/m0/s1. The Labute approximate surface area is 341 Å². The topological polar surface area (TPSA) is 327 Å².